The van der Waals surface area contributed by atoms with Crippen molar-refractivity contribution < 1.29 is 8.94 Å². The van der Waals surface area contributed by atoms with E-state index in [-0.39, 0.29) is 0 Å². The second kappa shape index (κ2) is 6.19. The first-order valence-corrected chi connectivity index (χ1v) is 7.09. The summed E-state index contributed by atoms with van der Waals surface area (Å²) in [6, 6.07) is 4.21. The van der Waals surface area contributed by atoms with Gasteiger partial charge in [0.1, 0.15) is 0 Å². The first-order chi connectivity index (χ1) is 9.81. The third-order valence-corrected chi connectivity index (χ3v) is 3.56. The van der Waals surface area contributed by atoms with Crippen LogP contribution in [-0.4, -0.2) is 41.2 Å². The van der Waals surface area contributed by atoms with Crippen LogP contribution >= 0.6 is 0 Å². The van der Waals surface area contributed by atoms with Crippen molar-refractivity contribution in [3.63, 3.8) is 0 Å². The van der Waals surface area contributed by atoms with Gasteiger partial charge in [0.05, 0.1) is 12.8 Å². The molecule has 1 saturated heterocycles. The van der Waals surface area contributed by atoms with Crippen LogP contribution in [0.1, 0.15) is 25.2 Å². The van der Waals surface area contributed by atoms with E-state index in [2.05, 4.69) is 27.4 Å². The van der Waals surface area contributed by atoms with Crippen LogP contribution in [-0.2, 0) is 6.54 Å². The molecule has 0 aromatic carbocycles. The van der Waals surface area contributed by atoms with Crippen LogP contribution in [0.3, 0.4) is 0 Å². The number of hydrogen-bond acceptors (Lipinski definition) is 6. The zero-order valence-electron chi connectivity index (χ0n) is 11.7. The number of nitrogens with one attached hydrogen (secondary N) is 1. The van der Waals surface area contributed by atoms with Gasteiger partial charge in [-0.2, -0.15) is 4.98 Å². The minimum absolute atomic E-state index is 0.509. The quantitative estimate of drug-likeness (QED) is 0.899. The van der Waals surface area contributed by atoms with Crippen molar-refractivity contribution in [2.45, 2.75) is 31.8 Å². The van der Waals surface area contributed by atoms with E-state index in [9.17, 15) is 0 Å². The Labute approximate surface area is 118 Å². The highest BCUT2D eigenvalue weighted by Gasteiger charge is 2.17. The lowest BCUT2D eigenvalue weighted by Gasteiger charge is -2.27. The van der Waals surface area contributed by atoms with Gasteiger partial charge in [0.2, 0.25) is 11.7 Å². The minimum Gasteiger partial charge on any atom is -0.461 e. The van der Waals surface area contributed by atoms with E-state index in [1.165, 1.54) is 19.3 Å². The molecule has 1 N–H and O–H groups in total. The Balaban J connectivity index is 1.54. The molecule has 2 aromatic rings. The molecule has 3 rings (SSSR count). The summed E-state index contributed by atoms with van der Waals surface area (Å²) in [5.41, 5.74) is 0. The van der Waals surface area contributed by atoms with Crippen molar-refractivity contribution in [1.82, 2.24) is 20.4 Å². The number of hydrogen-bond donors (Lipinski definition) is 1. The molecule has 0 aliphatic carbocycles. The summed E-state index contributed by atoms with van der Waals surface area (Å²) in [5, 5.41) is 7.48. The van der Waals surface area contributed by atoms with Gasteiger partial charge >= 0.3 is 0 Å². The van der Waals surface area contributed by atoms with Gasteiger partial charge in [0, 0.05) is 12.6 Å². The van der Waals surface area contributed by atoms with E-state index >= 15 is 0 Å². The van der Waals surface area contributed by atoms with Crippen LogP contribution in [0.25, 0.3) is 11.6 Å². The Morgan fingerprint density at radius 2 is 2.40 bits per heavy atom. The van der Waals surface area contributed by atoms with Crippen molar-refractivity contribution in [3.8, 4) is 11.6 Å². The Hall–Kier alpha value is -1.66. The van der Waals surface area contributed by atoms with E-state index in [0.717, 1.165) is 13.1 Å². The van der Waals surface area contributed by atoms with Crippen LogP contribution < -0.4 is 5.32 Å². The highest BCUT2D eigenvalue weighted by Crippen LogP contribution is 2.16. The molecule has 1 aliphatic rings. The fourth-order valence-electron chi connectivity index (χ4n) is 2.58. The highest BCUT2D eigenvalue weighted by atomic mass is 16.5. The lowest BCUT2D eigenvalue weighted by Crippen LogP contribution is -2.42. The fourth-order valence-corrected chi connectivity index (χ4v) is 2.58. The summed E-state index contributed by atoms with van der Waals surface area (Å²) >= 11 is 0. The normalized spacial score (nSPS) is 19.6. The first-order valence-electron chi connectivity index (χ1n) is 7.09. The van der Waals surface area contributed by atoms with E-state index < -0.39 is 0 Å². The van der Waals surface area contributed by atoms with Crippen molar-refractivity contribution in [1.29, 1.82) is 0 Å². The minimum atomic E-state index is 0.509. The number of furan rings is 1. The van der Waals surface area contributed by atoms with Crippen molar-refractivity contribution in [2.24, 2.45) is 0 Å². The number of likely N-dealkylation sites (N-methyl/N-ethyl adjacent to an activating group) is 1. The zero-order valence-corrected chi connectivity index (χ0v) is 11.7. The smallest absolute Gasteiger partial charge is 0.241 e. The Kier molecular flexibility index (Phi) is 4.13. The maximum Gasteiger partial charge on any atom is 0.241 e. The molecule has 6 nitrogen and oxygen atoms in total. The second-order valence-electron chi connectivity index (χ2n) is 5.33. The van der Waals surface area contributed by atoms with Gasteiger partial charge in [-0.1, -0.05) is 11.6 Å². The van der Waals surface area contributed by atoms with Crippen LogP contribution in [0, 0.1) is 0 Å². The summed E-state index contributed by atoms with van der Waals surface area (Å²) < 4.78 is 10.5. The largest absolute Gasteiger partial charge is 0.461 e. The molecule has 6 heteroatoms. The lowest BCUT2D eigenvalue weighted by molar-refractivity contribution is 0.227. The molecule has 108 valence electrons. The number of piperidine rings is 1. The van der Waals surface area contributed by atoms with Gasteiger partial charge in [0.15, 0.2) is 5.76 Å². The maximum absolute atomic E-state index is 5.27. The van der Waals surface area contributed by atoms with Crippen molar-refractivity contribution in [3.05, 3.63) is 24.3 Å². The molecule has 1 atom stereocenters. The van der Waals surface area contributed by atoms with Crippen LogP contribution in [0.5, 0.6) is 0 Å². The summed E-state index contributed by atoms with van der Waals surface area (Å²) in [6.45, 7) is 2.78. The third-order valence-electron chi connectivity index (χ3n) is 3.56. The molecule has 0 bridgehead atoms. The van der Waals surface area contributed by atoms with E-state index in [1.807, 2.05) is 12.1 Å². The van der Waals surface area contributed by atoms with Crippen LogP contribution in [0.4, 0.5) is 0 Å². The number of rotatable bonds is 5. The van der Waals surface area contributed by atoms with Crippen LogP contribution in [0.2, 0.25) is 0 Å². The Morgan fingerprint density at radius 3 is 3.15 bits per heavy atom. The SMILES string of the molecule is CN(Cc1nc(-c2ccco2)no1)CC1CCCCN1. The van der Waals surface area contributed by atoms with Gasteiger partial charge in [-0.05, 0) is 38.6 Å². The average Bonchev–Trinajstić information content (AvgIpc) is 3.10. The summed E-state index contributed by atoms with van der Waals surface area (Å²) in [5.74, 6) is 1.76. The van der Waals surface area contributed by atoms with Gasteiger partial charge in [-0.25, -0.2) is 0 Å². The Bertz CT molecular complexity index is 517. The third kappa shape index (κ3) is 3.26. The molecule has 20 heavy (non-hydrogen) atoms. The van der Waals surface area contributed by atoms with Crippen LogP contribution in [0.15, 0.2) is 27.3 Å². The number of aromatic nitrogens is 2. The molecule has 1 fully saturated rings. The predicted molar refractivity (Wildman–Crippen MR) is 74.0 cm³/mol. The fraction of sp³-hybridized carbons (Fsp3) is 0.571. The van der Waals surface area contributed by atoms with E-state index in [4.69, 9.17) is 8.94 Å². The molecular formula is C14H20N4O2. The van der Waals surface area contributed by atoms with Crippen molar-refractivity contribution >= 4 is 0 Å². The molecule has 0 spiro atoms. The lowest BCUT2D eigenvalue weighted by atomic mass is 10.0. The molecule has 2 aromatic heterocycles. The topological polar surface area (TPSA) is 67.3 Å². The maximum atomic E-state index is 5.27. The second-order valence-corrected chi connectivity index (χ2v) is 5.33. The predicted octanol–water partition coefficient (Wildman–Crippen LogP) is 1.90. The van der Waals surface area contributed by atoms with E-state index in [1.54, 1.807) is 6.26 Å². The Morgan fingerprint density at radius 1 is 1.45 bits per heavy atom. The van der Waals surface area contributed by atoms with Gasteiger partial charge < -0.3 is 14.3 Å². The highest BCUT2D eigenvalue weighted by molar-refractivity contribution is 5.44. The van der Waals surface area contributed by atoms with E-state index in [0.29, 0.717) is 30.1 Å². The molecule has 3 heterocycles. The van der Waals surface area contributed by atoms with Gasteiger partial charge in [0.25, 0.3) is 0 Å². The van der Waals surface area contributed by atoms with Crippen molar-refractivity contribution in [2.75, 3.05) is 20.1 Å². The summed E-state index contributed by atoms with van der Waals surface area (Å²) in [7, 11) is 2.08. The average molecular weight is 276 g/mol. The molecular weight excluding hydrogens is 256 g/mol. The summed E-state index contributed by atoms with van der Waals surface area (Å²) in [6.07, 6.45) is 5.45. The monoisotopic (exact) mass is 276 g/mol. The molecule has 0 radical (unpaired) electrons. The molecule has 0 saturated carbocycles. The standard InChI is InChI=1S/C14H20N4O2/c1-18(9-11-5-2-3-7-15-11)10-13-16-14(17-20-13)12-6-4-8-19-12/h4,6,8,11,15H,2-3,5,7,9-10H2,1H3. The van der Waals surface area contributed by atoms with Gasteiger partial charge in [-0.15, -0.1) is 0 Å². The zero-order chi connectivity index (χ0) is 13.8. The molecule has 1 aliphatic heterocycles. The van der Waals surface area contributed by atoms with Gasteiger partial charge in [-0.3, -0.25) is 4.90 Å². The molecule has 0 amide bonds. The number of nitrogens with zero attached hydrogens (tertiary/aromatic N) is 3. The molecule has 1 unspecified atom stereocenters. The first kappa shape index (κ1) is 13.3. The summed E-state index contributed by atoms with van der Waals surface area (Å²) in [4.78, 5) is 6.56.